The lowest BCUT2D eigenvalue weighted by atomic mass is 9.87. The minimum atomic E-state index is -0.976. The van der Waals surface area contributed by atoms with Crippen LogP contribution < -0.4 is 14.8 Å². The number of halogens is 1. The zero-order valence-corrected chi connectivity index (χ0v) is 19.0. The first kappa shape index (κ1) is 20.9. The fraction of sp³-hybridized carbons (Fsp3) is 0.500. The first-order valence-corrected chi connectivity index (χ1v) is 11.1. The van der Waals surface area contributed by atoms with Crippen LogP contribution in [0.1, 0.15) is 51.0 Å². The van der Waals surface area contributed by atoms with E-state index in [1.54, 1.807) is 20.4 Å². The molecule has 1 aromatic heterocycles. The summed E-state index contributed by atoms with van der Waals surface area (Å²) in [5.74, 6) is 0.998. The number of nitrogens with one attached hydrogen (secondary N) is 1. The van der Waals surface area contributed by atoms with Crippen molar-refractivity contribution in [1.82, 2.24) is 10.3 Å². The minimum Gasteiger partial charge on any atom is -0.492 e. The maximum Gasteiger partial charge on any atom is 0.267 e. The molecule has 0 saturated heterocycles. The summed E-state index contributed by atoms with van der Waals surface area (Å²) in [7, 11) is 3.18. The second-order valence-electron chi connectivity index (χ2n) is 7.87. The molecule has 1 aromatic carbocycles. The Balaban J connectivity index is 1.73. The predicted molar refractivity (Wildman–Crippen MR) is 118 cm³/mol. The van der Waals surface area contributed by atoms with Gasteiger partial charge in [0.2, 0.25) is 5.60 Å². The molecule has 1 saturated carbocycles. The van der Waals surface area contributed by atoms with E-state index in [1.807, 2.05) is 12.1 Å². The van der Waals surface area contributed by atoms with E-state index >= 15 is 0 Å². The van der Waals surface area contributed by atoms with Gasteiger partial charge in [-0.05, 0) is 53.7 Å². The highest BCUT2D eigenvalue weighted by Crippen LogP contribution is 2.42. The number of pyridine rings is 1. The van der Waals surface area contributed by atoms with Crippen LogP contribution in [0.15, 0.2) is 28.0 Å². The molecule has 7 nitrogen and oxygen atoms in total. The Kier molecular flexibility index (Phi) is 5.86. The number of rotatable bonds is 8. The molecule has 1 amide bonds. The summed E-state index contributed by atoms with van der Waals surface area (Å²) in [6.45, 7) is 2.10. The molecule has 0 bridgehead atoms. The molecular weight excluding hydrogens is 450 g/mol. The molecule has 4 rings (SSSR count). The number of benzene rings is 1. The number of hydrogen-bond acceptors (Lipinski definition) is 6. The third-order valence-corrected chi connectivity index (χ3v) is 6.05. The Morgan fingerprint density at radius 3 is 2.73 bits per heavy atom. The molecule has 8 heteroatoms. The van der Waals surface area contributed by atoms with E-state index in [2.05, 4.69) is 38.3 Å². The van der Waals surface area contributed by atoms with Gasteiger partial charge in [0, 0.05) is 34.1 Å². The van der Waals surface area contributed by atoms with Gasteiger partial charge in [0.1, 0.15) is 5.52 Å². The van der Waals surface area contributed by atoms with Gasteiger partial charge in [-0.3, -0.25) is 9.78 Å². The Bertz CT molecular complexity index is 1010. The van der Waals surface area contributed by atoms with Gasteiger partial charge in [0.15, 0.2) is 11.5 Å². The van der Waals surface area contributed by atoms with Crippen molar-refractivity contribution in [3.63, 3.8) is 0 Å². The van der Waals surface area contributed by atoms with Crippen LogP contribution in [0.4, 0.5) is 0 Å². The van der Waals surface area contributed by atoms with Gasteiger partial charge in [-0.25, -0.2) is 0 Å². The van der Waals surface area contributed by atoms with E-state index in [1.165, 1.54) is 0 Å². The molecule has 2 aliphatic rings. The molecule has 1 fully saturated rings. The molecule has 30 heavy (non-hydrogen) atoms. The van der Waals surface area contributed by atoms with Gasteiger partial charge in [-0.2, -0.15) is 0 Å². The van der Waals surface area contributed by atoms with Crippen LogP contribution in [-0.2, 0) is 9.63 Å². The average molecular weight is 476 g/mol. The second kappa shape index (κ2) is 8.41. The second-order valence-corrected chi connectivity index (χ2v) is 8.78. The first-order valence-electron chi connectivity index (χ1n) is 10.3. The summed E-state index contributed by atoms with van der Waals surface area (Å²) in [5, 5.41) is 8.34. The average Bonchev–Trinajstić information content (AvgIpc) is 3.45. The van der Waals surface area contributed by atoms with Crippen molar-refractivity contribution >= 4 is 38.5 Å². The number of ether oxygens (including phenoxy) is 2. The van der Waals surface area contributed by atoms with Crippen molar-refractivity contribution in [3.8, 4) is 11.5 Å². The van der Waals surface area contributed by atoms with Gasteiger partial charge in [-0.15, -0.1) is 0 Å². The summed E-state index contributed by atoms with van der Waals surface area (Å²) < 4.78 is 12.2. The lowest BCUT2D eigenvalue weighted by Crippen LogP contribution is -2.48. The molecule has 0 spiro atoms. The summed E-state index contributed by atoms with van der Waals surface area (Å²) >= 11 is 3.47. The summed E-state index contributed by atoms with van der Waals surface area (Å²) in [5.41, 5.74) is 1.15. The number of nitrogens with zero attached hydrogens (tertiary/aromatic N) is 2. The van der Waals surface area contributed by atoms with Gasteiger partial charge >= 0.3 is 0 Å². The number of aromatic nitrogens is 1. The number of oxime groups is 1. The van der Waals surface area contributed by atoms with E-state index in [9.17, 15) is 4.79 Å². The largest absolute Gasteiger partial charge is 0.492 e. The van der Waals surface area contributed by atoms with E-state index in [-0.39, 0.29) is 11.9 Å². The van der Waals surface area contributed by atoms with Crippen molar-refractivity contribution < 1.29 is 19.1 Å². The molecule has 2 aromatic rings. The first-order chi connectivity index (χ1) is 14.5. The summed E-state index contributed by atoms with van der Waals surface area (Å²) in [6.07, 6.45) is 6.65. The van der Waals surface area contributed by atoms with Crippen LogP contribution in [0.3, 0.4) is 0 Å². The molecule has 1 aliphatic heterocycles. The van der Waals surface area contributed by atoms with E-state index in [0.717, 1.165) is 41.1 Å². The Hall–Kier alpha value is -2.35. The highest BCUT2D eigenvalue weighted by Gasteiger charge is 2.48. The fourth-order valence-corrected chi connectivity index (χ4v) is 4.16. The topological polar surface area (TPSA) is 82.0 Å². The number of carbonyl (C=O) groups is 1. The minimum absolute atomic E-state index is 0.0756. The maximum atomic E-state index is 13.1. The van der Waals surface area contributed by atoms with Crippen LogP contribution >= 0.6 is 15.9 Å². The predicted octanol–water partition coefficient (Wildman–Crippen LogP) is 4.35. The van der Waals surface area contributed by atoms with Gasteiger partial charge in [0.25, 0.3) is 5.91 Å². The van der Waals surface area contributed by atoms with E-state index in [0.29, 0.717) is 35.6 Å². The van der Waals surface area contributed by atoms with Crippen molar-refractivity contribution in [2.24, 2.45) is 5.16 Å². The molecule has 0 radical (unpaired) electrons. The Morgan fingerprint density at radius 1 is 1.30 bits per heavy atom. The molecule has 160 valence electrons. The monoisotopic (exact) mass is 475 g/mol. The highest BCUT2D eigenvalue weighted by atomic mass is 79.9. The number of hydrogen-bond donors (Lipinski definition) is 1. The number of carbonyl (C=O) groups excluding carboxylic acids is 1. The summed E-state index contributed by atoms with van der Waals surface area (Å²) in [4.78, 5) is 23.4. The molecule has 1 aliphatic carbocycles. The summed E-state index contributed by atoms with van der Waals surface area (Å²) in [6, 6.07) is 4.20. The quantitative estimate of drug-likeness (QED) is 0.613. The van der Waals surface area contributed by atoms with Crippen LogP contribution in [-0.4, -0.2) is 42.5 Å². The third-order valence-electron chi connectivity index (χ3n) is 5.61. The maximum absolute atomic E-state index is 13.1. The Labute approximate surface area is 184 Å². The van der Waals surface area contributed by atoms with Gasteiger partial charge in [0.05, 0.1) is 19.9 Å². The smallest absolute Gasteiger partial charge is 0.267 e. The van der Waals surface area contributed by atoms with Gasteiger partial charge < -0.3 is 19.6 Å². The Morgan fingerprint density at radius 2 is 2.07 bits per heavy atom. The molecule has 2 heterocycles. The van der Waals surface area contributed by atoms with Gasteiger partial charge in [-0.1, -0.05) is 18.5 Å². The molecule has 1 N–H and O–H groups in total. The fourth-order valence-electron chi connectivity index (χ4n) is 3.81. The normalized spacial score (nSPS) is 20.6. The van der Waals surface area contributed by atoms with Crippen LogP contribution in [0.2, 0.25) is 0 Å². The number of unbranched alkanes of at least 4 members (excludes halogenated alkanes) is 1. The highest BCUT2D eigenvalue weighted by molar-refractivity contribution is 9.10. The third kappa shape index (κ3) is 3.85. The van der Waals surface area contributed by atoms with Crippen molar-refractivity contribution in [3.05, 3.63) is 28.4 Å². The van der Waals surface area contributed by atoms with E-state index < -0.39 is 5.60 Å². The lowest BCUT2D eigenvalue weighted by molar-refractivity contribution is -0.145. The SMILES string of the molecule is CCCCC1(C(=O)NC2CC2)CC(c2cc3cc(Br)cnc3c(OC)c2OC)=NO1. The van der Waals surface area contributed by atoms with Crippen LogP contribution in [0, 0.1) is 0 Å². The zero-order chi connectivity index (χ0) is 21.3. The van der Waals surface area contributed by atoms with E-state index in [4.69, 9.17) is 14.3 Å². The zero-order valence-electron chi connectivity index (χ0n) is 17.5. The van der Waals surface area contributed by atoms with Crippen molar-refractivity contribution in [1.29, 1.82) is 0 Å². The lowest BCUT2D eigenvalue weighted by Gasteiger charge is -2.25. The van der Waals surface area contributed by atoms with Crippen molar-refractivity contribution in [2.45, 2.75) is 57.1 Å². The number of methoxy groups -OCH3 is 2. The van der Waals surface area contributed by atoms with Crippen molar-refractivity contribution in [2.75, 3.05) is 14.2 Å². The number of amides is 1. The van der Waals surface area contributed by atoms with Crippen LogP contribution in [0.5, 0.6) is 11.5 Å². The number of fused-ring (bicyclic) bond motifs is 1. The molecule has 1 atom stereocenters. The molecular formula is C22H26BrN3O4. The molecule has 1 unspecified atom stereocenters. The standard InChI is InChI=1S/C22H26BrN3O4/c1-4-5-8-22(21(27)25-15-6-7-15)11-17(26-30-22)16-10-13-9-14(23)12-24-18(13)20(29-3)19(16)28-2/h9-10,12,15H,4-8,11H2,1-3H3,(H,25,27). The van der Waals surface area contributed by atoms with Crippen LogP contribution in [0.25, 0.3) is 10.9 Å².